The van der Waals surface area contributed by atoms with Crippen LogP contribution < -0.4 is 0 Å². The summed E-state index contributed by atoms with van der Waals surface area (Å²) < 4.78 is 0. The minimum absolute atomic E-state index is 0.0169. The molecule has 0 fully saturated rings. The van der Waals surface area contributed by atoms with Crippen LogP contribution in [0.5, 0.6) is 0 Å². The van der Waals surface area contributed by atoms with Crippen LogP contribution in [-0.2, 0) is 0 Å². The number of hydrogen-bond donors (Lipinski definition) is 0. The Balaban J connectivity index is 1.73. The second-order valence-electron chi connectivity index (χ2n) is 7.95. The zero-order chi connectivity index (χ0) is 23.4. The zero-order valence-corrected chi connectivity index (χ0v) is 17.5. The van der Waals surface area contributed by atoms with Gasteiger partial charge in [-0.25, -0.2) is 0 Å². The van der Waals surface area contributed by atoms with Gasteiger partial charge in [0.2, 0.25) is 0 Å². The molecule has 0 atom stereocenters. The van der Waals surface area contributed by atoms with E-state index in [0.29, 0.717) is 22.3 Å². The molecule has 8 heteroatoms. The van der Waals surface area contributed by atoms with Crippen molar-refractivity contribution in [3.8, 4) is 22.3 Å². The molecule has 2 heterocycles. The zero-order valence-electron chi connectivity index (χ0n) is 17.5. The van der Waals surface area contributed by atoms with E-state index in [2.05, 4.69) is 9.97 Å². The average Bonchev–Trinajstić information content (AvgIpc) is 2.87. The molecule has 34 heavy (non-hydrogen) atoms. The van der Waals surface area contributed by atoms with Gasteiger partial charge >= 0.3 is 0 Å². The number of pyridine rings is 2. The molecule has 0 unspecified atom stereocenters. The molecular formula is C26H14N4O4. The van der Waals surface area contributed by atoms with Gasteiger partial charge in [-0.1, -0.05) is 48.5 Å². The van der Waals surface area contributed by atoms with Crippen molar-refractivity contribution in [2.24, 2.45) is 0 Å². The SMILES string of the molecule is O=[N+]([O-])c1ccncc1-c1ccc2ccc3c(-c4cnccc4[N+](=O)[O-])ccc4ccc1c2c43. The van der Waals surface area contributed by atoms with Crippen molar-refractivity contribution in [2.75, 3.05) is 0 Å². The molecule has 0 amide bonds. The highest BCUT2D eigenvalue weighted by Gasteiger charge is 2.22. The highest BCUT2D eigenvalue weighted by atomic mass is 16.6. The molecule has 4 aromatic carbocycles. The van der Waals surface area contributed by atoms with Gasteiger partial charge in [-0.3, -0.25) is 30.2 Å². The van der Waals surface area contributed by atoms with Crippen molar-refractivity contribution < 1.29 is 9.85 Å². The van der Waals surface area contributed by atoms with Gasteiger partial charge in [0.05, 0.1) is 21.0 Å². The minimum Gasteiger partial charge on any atom is -0.264 e. The van der Waals surface area contributed by atoms with Crippen molar-refractivity contribution in [3.05, 3.63) is 106 Å². The van der Waals surface area contributed by atoms with E-state index >= 15 is 0 Å². The quantitative estimate of drug-likeness (QED) is 0.173. The maximum absolute atomic E-state index is 11.7. The molecule has 2 aromatic heterocycles. The van der Waals surface area contributed by atoms with Crippen LogP contribution in [0.2, 0.25) is 0 Å². The molecule has 162 valence electrons. The van der Waals surface area contributed by atoms with E-state index in [1.54, 1.807) is 0 Å². The Morgan fingerprint density at radius 2 is 0.941 bits per heavy atom. The van der Waals surface area contributed by atoms with E-state index in [1.165, 1.54) is 36.9 Å². The van der Waals surface area contributed by atoms with E-state index in [-0.39, 0.29) is 11.4 Å². The third-order valence-electron chi connectivity index (χ3n) is 6.23. The third-order valence-corrected chi connectivity index (χ3v) is 6.23. The van der Waals surface area contributed by atoms with Gasteiger partial charge in [-0.05, 0) is 43.4 Å². The monoisotopic (exact) mass is 446 g/mol. The first-order chi connectivity index (χ1) is 16.5. The summed E-state index contributed by atoms with van der Waals surface area (Å²) in [6, 6.07) is 18.3. The van der Waals surface area contributed by atoms with Gasteiger partial charge in [0.25, 0.3) is 11.4 Å². The van der Waals surface area contributed by atoms with Crippen LogP contribution in [-0.4, -0.2) is 19.8 Å². The Hall–Kier alpha value is -4.98. The van der Waals surface area contributed by atoms with Crippen LogP contribution >= 0.6 is 0 Å². The maximum atomic E-state index is 11.7. The molecule has 8 nitrogen and oxygen atoms in total. The number of nitrogens with zero attached hydrogens (tertiary/aromatic N) is 4. The average molecular weight is 446 g/mol. The van der Waals surface area contributed by atoms with Crippen molar-refractivity contribution in [1.82, 2.24) is 9.97 Å². The van der Waals surface area contributed by atoms with Crippen LogP contribution in [0.4, 0.5) is 11.4 Å². The second kappa shape index (κ2) is 7.28. The molecule has 0 radical (unpaired) electrons. The first-order valence-corrected chi connectivity index (χ1v) is 10.4. The standard InChI is InChI=1S/C26H14N4O4/c31-29(32)23-9-11-27-13-21(23)17-5-1-15-3-7-20-18(22-14-28-12-10-24(22)30(33)34)6-2-16-4-8-19(17)25(15)26(16)20/h1-14H. The topological polar surface area (TPSA) is 112 Å². The van der Waals surface area contributed by atoms with Crippen molar-refractivity contribution in [1.29, 1.82) is 0 Å². The largest absolute Gasteiger partial charge is 0.280 e. The fraction of sp³-hybridized carbons (Fsp3) is 0. The van der Waals surface area contributed by atoms with Gasteiger partial charge in [-0.2, -0.15) is 0 Å². The summed E-state index contributed by atoms with van der Waals surface area (Å²) in [6.45, 7) is 0. The lowest BCUT2D eigenvalue weighted by Gasteiger charge is -2.16. The van der Waals surface area contributed by atoms with Crippen LogP contribution in [0.25, 0.3) is 54.6 Å². The molecule has 0 N–H and O–H groups in total. The normalized spacial score (nSPS) is 11.4. The summed E-state index contributed by atoms with van der Waals surface area (Å²) in [5.41, 5.74) is 2.26. The van der Waals surface area contributed by atoms with Crippen LogP contribution in [0.3, 0.4) is 0 Å². The number of rotatable bonds is 4. The smallest absolute Gasteiger partial charge is 0.264 e. The maximum Gasteiger partial charge on any atom is 0.280 e. The molecule has 0 saturated carbocycles. The molecule has 0 aliphatic heterocycles. The Kier molecular flexibility index (Phi) is 4.21. The van der Waals surface area contributed by atoms with Crippen molar-refractivity contribution in [2.45, 2.75) is 0 Å². The number of nitro groups is 2. The minimum atomic E-state index is -0.408. The molecule has 6 rings (SSSR count). The summed E-state index contributed by atoms with van der Waals surface area (Å²) in [7, 11) is 0. The fourth-order valence-electron chi connectivity index (χ4n) is 4.78. The predicted octanol–water partition coefficient (Wildman–Crippen LogP) is 6.52. The highest BCUT2D eigenvalue weighted by Crippen LogP contribution is 2.44. The van der Waals surface area contributed by atoms with E-state index in [9.17, 15) is 20.2 Å². The molecule has 0 aliphatic rings. The van der Waals surface area contributed by atoms with Crippen LogP contribution in [0.15, 0.2) is 85.5 Å². The Morgan fingerprint density at radius 3 is 1.35 bits per heavy atom. The van der Waals surface area contributed by atoms with Gasteiger partial charge in [0.1, 0.15) is 0 Å². The van der Waals surface area contributed by atoms with Crippen LogP contribution in [0.1, 0.15) is 0 Å². The Morgan fingerprint density at radius 1 is 0.529 bits per heavy atom. The fourth-order valence-corrected chi connectivity index (χ4v) is 4.78. The lowest BCUT2D eigenvalue weighted by molar-refractivity contribution is -0.384. The van der Waals surface area contributed by atoms with Crippen molar-refractivity contribution >= 4 is 43.7 Å². The summed E-state index contributed by atoms with van der Waals surface area (Å²) in [4.78, 5) is 30.8. The molecule has 0 saturated heterocycles. The number of aromatic nitrogens is 2. The number of benzene rings is 4. The molecule has 6 aromatic rings. The Labute approximate surface area is 191 Å². The summed E-state index contributed by atoms with van der Waals surface area (Å²) in [5, 5.41) is 28.9. The van der Waals surface area contributed by atoms with E-state index in [1.807, 2.05) is 48.5 Å². The van der Waals surface area contributed by atoms with E-state index in [0.717, 1.165) is 32.3 Å². The Bertz CT molecular complexity index is 1650. The summed E-state index contributed by atoms with van der Waals surface area (Å²) in [6.07, 6.45) is 5.83. The lowest BCUT2D eigenvalue weighted by atomic mass is 9.87. The summed E-state index contributed by atoms with van der Waals surface area (Å²) in [5.74, 6) is 0. The summed E-state index contributed by atoms with van der Waals surface area (Å²) >= 11 is 0. The predicted molar refractivity (Wildman–Crippen MR) is 130 cm³/mol. The van der Waals surface area contributed by atoms with E-state index in [4.69, 9.17) is 0 Å². The molecule has 0 spiro atoms. The first-order valence-electron chi connectivity index (χ1n) is 10.4. The van der Waals surface area contributed by atoms with Gasteiger partial charge < -0.3 is 0 Å². The number of hydrogen-bond acceptors (Lipinski definition) is 6. The second-order valence-corrected chi connectivity index (χ2v) is 7.95. The molecular weight excluding hydrogens is 432 g/mol. The van der Waals surface area contributed by atoms with Crippen molar-refractivity contribution in [3.63, 3.8) is 0 Å². The first kappa shape index (κ1) is 19.7. The van der Waals surface area contributed by atoms with Gasteiger partial charge in [-0.15, -0.1) is 0 Å². The van der Waals surface area contributed by atoms with Gasteiger partial charge in [0.15, 0.2) is 0 Å². The highest BCUT2D eigenvalue weighted by molar-refractivity contribution is 6.27. The lowest BCUT2D eigenvalue weighted by Crippen LogP contribution is -1.95. The molecule has 0 aliphatic carbocycles. The third kappa shape index (κ3) is 2.79. The van der Waals surface area contributed by atoms with E-state index < -0.39 is 9.85 Å². The van der Waals surface area contributed by atoms with Crippen LogP contribution in [0, 0.1) is 20.2 Å². The van der Waals surface area contributed by atoms with Gasteiger partial charge in [0, 0.05) is 36.9 Å². The molecule has 0 bridgehead atoms.